The first-order chi connectivity index (χ1) is 5.71. The topological polar surface area (TPSA) is 0 Å². The molecule has 2 bridgehead atoms. The van der Waals surface area contributed by atoms with Crippen LogP contribution in [0.2, 0.25) is 0 Å². The van der Waals surface area contributed by atoms with Gasteiger partial charge in [0.1, 0.15) is 0 Å². The monoisotopic (exact) mass is 164 g/mol. The second kappa shape index (κ2) is 2.08. The van der Waals surface area contributed by atoms with Gasteiger partial charge in [0.2, 0.25) is 0 Å². The molecule has 3 aliphatic rings. The largest absolute Gasteiger partial charge is 0.0594 e. The van der Waals surface area contributed by atoms with Crippen LogP contribution < -0.4 is 0 Å². The van der Waals surface area contributed by atoms with E-state index in [4.69, 9.17) is 0 Å². The van der Waals surface area contributed by atoms with E-state index in [9.17, 15) is 0 Å². The van der Waals surface area contributed by atoms with Gasteiger partial charge in [-0.3, -0.25) is 0 Å². The second-order valence-electron chi connectivity index (χ2n) is 5.87. The molecule has 0 spiro atoms. The Hall–Kier alpha value is 0. The smallest absolute Gasteiger partial charge is 0.0292 e. The van der Waals surface area contributed by atoms with Gasteiger partial charge >= 0.3 is 0 Å². The molecule has 0 heterocycles. The fourth-order valence-corrected chi connectivity index (χ4v) is 4.93. The van der Waals surface area contributed by atoms with Crippen LogP contribution >= 0.6 is 0 Å². The third-order valence-corrected chi connectivity index (χ3v) is 5.36. The summed E-state index contributed by atoms with van der Waals surface area (Å²) in [5, 5.41) is 0. The maximum atomic E-state index is 2.54. The van der Waals surface area contributed by atoms with Crippen molar-refractivity contribution in [1.29, 1.82) is 0 Å². The molecule has 0 unspecified atom stereocenters. The summed E-state index contributed by atoms with van der Waals surface area (Å²) in [5.41, 5.74) is 0.718. The molecule has 68 valence electrons. The Kier molecular flexibility index (Phi) is 1.28. The predicted molar refractivity (Wildman–Crippen MR) is 50.8 cm³/mol. The molecule has 0 amide bonds. The molecule has 0 nitrogen and oxygen atoms in total. The van der Waals surface area contributed by atoms with E-state index in [1.807, 2.05) is 0 Å². The van der Waals surface area contributed by atoms with Crippen LogP contribution in [0.15, 0.2) is 0 Å². The summed E-state index contributed by atoms with van der Waals surface area (Å²) in [6, 6.07) is 0. The summed E-state index contributed by atoms with van der Waals surface area (Å²) in [4.78, 5) is 0. The van der Waals surface area contributed by atoms with E-state index in [1.165, 1.54) is 0 Å². The molecule has 3 aliphatic carbocycles. The van der Waals surface area contributed by atoms with Crippen molar-refractivity contribution in [3.63, 3.8) is 0 Å². The summed E-state index contributed by atoms with van der Waals surface area (Å²) < 4.78 is 0. The van der Waals surface area contributed by atoms with Crippen molar-refractivity contribution in [1.82, 2.24) is 0 Å². The first kappa shape index (κ1) is 7.41. The molecule has 0 heteroatoms. The number of rotatable bonds is 0. The SMILES string of the molecule is CC1(C)[C@@H]2CC[C@H]1[C@H]1CCC[C@H]12. The average molecular weight is 164 g/mol. The molecule has 0 N–H and O–H groups in total. The van der Waals surface area contributed by atoms with Crippen molar-refractivity contribution in [3.8, 4) is 0 Å². The lowest BCUT2D eigenvalue weighted by molar-refractivity contribution is 0.226. The number of fused-ring (bicyclic) bond motifs is 5. The summed E-state index contributed by atoms with van der Waals surface area (Å²) in [6.07, 6.45) is 7.78. The molecule has 3 rings (SSSR count). The Morgan fingerprint density at radius 2 is 1.33 bits per heavy atom. The molecule has 0 saturated heterocycles. The van der Waals surface area contributed by atoms with Gasteiger partial charge in [-0.15, -0.1) is 0 Å². The van der Waals surface area contributed by atoms with Crippen molar-refractivity contribution in [2.24, 2.45) is 29.1 Å². The van der Waals surface area contributed by atoms with Crippen molar-refractivity contribution >= 4 is 0 Å². The average Bonchev–Trinajstić information content (AvgIpc) is 2.60. The molecule has 12 heavy (non-hydrogen) atoms. The Morgan fingerprint density at radius 3 is 1.83 bits per heavy atom. The number of hydrogen-bond donors (Lipinski definition) is 0. The minimum atomic E-state index is 0.718. The summed E-state index contributed by atoms with van der Waals surface area (Å²) in [7, 11) is 0. The van der Waals surface area contributed by atoms with Crippen molar-refractivity contribution < 1.29 is 0 Å². The molecular weight excluding hydrogens is 144 g/mol. The van der Waals surface area contributed by atoms with Gasteiger partial charge in [-0.1, -0.05) is 20.3 Å². The highest BCUT2D eigenvalue weighted by atomic mass is 14.6. The predicted octanol–water partition coefficient (Wildman–Crippen LogP) is 3.47. The number of hydrogen-bond acceptors (Lipinski definition) is 0. The zero-order chi connectivity index (χ0) is 8.34. The Morgan fingerprint density at radius 1 is 0.833 bits per heavy atom. The Labute approximate surface area is 75.7 Å². The molecule has 4 atom stereocenters. The first-order valence-electron chi connectivity index (χ1n) is 5.71. The molecule has 3 fully saturated rings. The van der Waals surface area contributed by atoms with E-state index in [-0.39, 0.29) is 0 Å². The van der Waals surface area contributed by atoms with Gasteiger partial charge in [-0.05, 0) is 54.8 Å². The molecule has 0 radical (unpaired) electrons. The molecule has 0 aromatic carbocycles. The van der Waals surface area contributed by atoms with Gasteiger partial charge in [0.05, 0.1) is 0 Å². The Balaban J connectivity index is 1.99. The van der Waals surface area contributed by atoms with Crippen LogP contribution in [0.3, 0.4) is 0 Å². The second-order valence-corrected chi connectivity index (χ2v) is 5.87. The van der Waals surface area contributed by atoms with Crippen LogP contribution in [0.25, 0.3) is 0 Å². The van der Waals surface area contributed by atoms with Gasteiger partial charge in [0.25, 0.3) is 0 Å². The van der Waals surface area contributed by atoms with E-state index >= 15 is 0 Å². The lowest BCUT2D eigenvalue weighted by Crippen LogP contribution is -2.19. The van der Waals surface area contributed by atoms with Crippen molar-refractivity contribution in [3.05, 3.63) is 0 Å². The van der Waals surface area contributed by atoms with E-state index in [0.717, 1.165) is 29.1 Å². The van der Waals surface area contributed by atoms with Gasteiger partial charge < -0.3 is 0 Å². The van der Waals surface area contributed by atoms with E-state index in [0.29, 0.717) is 0 Å². The minimum absolute atomic E-state index is 0.718. The maximum Gasteiger partial charge on any atom is -0.0292 e. The highest BCUT2D eigenvalue weighted by molar-refractivity contribution is 5.08. The lowest BCUT2D eigenvalue weighted by Gasteiger charge is -2.26. The normalized spacial score (nSPS) is 54.5. The molecule has 0 aromatic rings. The highest BCUT2D eigenvalue weighted by Crippen LogP contribution is 2.67. The van der Waals surface area contributed by atoms with Crippen molar-refractivity contribution in [2.45, 2.75) is 46.0 Å². The van der Waals surface area contributed by atoms with Crippen LogP contribution in [-0.2, 0) is 0 Å². The van der Waals surface area contributed by atoms with Gasteiger partial charge in [0.15, 0.2) is 0 Å². The Bertz CT molecular complexity index is 184. The van der Waals surface area contributed by atoms with Crippen LogP contribution in [0.4, 0.5) is 0 Å². The summed E-state index contributed by atoms with van der Waals surface area (Å²) in [6.45, 7) is 5.07. The zero-order valence-corrected chi connectivity index (χ0v) is 8.34. The van der Waals surface area contributed by atoms with Gasteiger partial charge in [0, 0.05) is 0 Å². The lowest BCUT2D eigenvalue weighted by atomic mass is 9.79. The molecule has 0 aromatic heterocycles. The van der Waals surface area contributed by atoms with Crippen molar-refractivity contribution in [2.75, 3.05) is 0 Å². The standard InChI is InChI=1S/C12H20/c1-12(2)10-6-7-11(12)9-5-3-4-8(9)10/h8-11H,3-7H2,1-2H3/t8-,9+,10-,11+. The quantitative estimate of drug-likeness (QED) is 0.514. The highest BCUT2D eigenvalue weighted by Gasteiger charge is 2.59. The fraction of sp³-hybridized carbons (Fsp3) is 1.00. The maximum absolute atomic E-state index is 2.54. The third-order valence-electron chi connectivity index (χ3n) is 5.36. The molecule has 0 aliphatic heterocycles. The first-order valence-corrected chi connectivity index (χ1v) is 5.71. The van der Waals surface area contributed by atoms with Crippen LogP contribution in [0.1, 0.15) is 46.0 Å². The van der Waals surface area contributed by atoms with Gasteiger partial charge in [-0.25, -0.2) is 0 Å². The fourth-order valence-electron chi connectivity index (χ4n) is 4.93. The summed E-state index contributed by atoms with van der Waals surface area (Å²) >= 11 is 0. The zero-order valence-electron chi connectivity index (χ0n) is 8.34. The van der Waals surface area contributed by atoms with Gasteiger partial charge in [-0.2, -0.15) is 0 Å². The van der Waals surface area contributed by atoms with Crippen LogP contribution in [-0.4, -0.2) is 0 Å². The summed E-state index contributed by atoms with van der Waals surface area (Å²) in [5.74, 6) is 4.52. The minimum Gasteiger partial charge on any atom is -0.0594 e. The van der Waals surface area contributed by atoms with Crippen LogP contribution in [0, 0.1) is 29.1 Å². The molecular formula is C12H20. The van der Waals surface area contributed by atoms with Crippen LogP contribution in [0.5, 0.6) is 0 Å². The van der Waals surface area contributed by atoms with E-state index < -0.39 is 0 Å². The molecule has 3 saturated carbocycles. The third kappa shape index (κ3) is 0.661. The van der Waals surface area contributed by atoms with E-state index in [2.05, 4.69) is 13.8 Å². The van der Waals surface area contributed by atoms with E-state index in [1.54, 1.807) is 32.1 Å².